The van der Waals surface area contributed by atoms with Crippen molar-refractivity contribution in [1.82, 2.24) is 5.32 Å². The fourth-order valence-electron chi connectivity index (χ4n) is 2.79. The number of ether oxygens (including phenoxy) is 1. The number of nitrogens with zero attached hydrogens (tertiary/aromatic N) is 1. The molecule has 0 aromatic heterocycles. The Hall–Kier alpha value is -2.86. The highest BCUT2D eigenvalue weighted by Crippen LogP contribution is 2.34. The average Bonchev–Trinajstić information content (AvgIpc) is 2.64. The number of halogens is 1. The molecule has 1 atom stereocenters. The van der Waals surface area contributed by atoms with Crippen molar-refractivity contribution in [2.75, 3.05) is 11.4 Å². The molecule has 27 heavy (non-hydrogen) atoms. The molecule has 1 N–H and O–H groups in total. The first kappa shape index (κ1) is 18.9. The van der Waals surface area contributed by atoms with Crippen LogP contribution in [0.2, 0.25) is 5.02 Å². The van der Waals surface area contributed by atoms with Crippen molar-refractivity contribution in [3.8, 4) is 5.75 Å². The largest absolute Gasteiger partial charge is 0.479 e. The lowest BCUT2D eigenvalue weighted by Gasteiger charge is -2.32. The first-order valence-electron chi connectivity index (χ1n) is 8.49. The zero-order valence-electron chi connectivity index (χ0n) is 15.0. The molecule has 7 heteroatoms. The Balaban J connectivity index is 1.75. The Morgan fingerprint density at radius 3 is 2.56 bits per heavy atom. The maximum atomic E-state index is 12.5. The fourth-order valence-corrected chi connectivity index (χ4v) is 2.92. The number of fused-ring (bicyclic) bond motifs is 1. The van der Waals surface area contributed by atoms with E-state index in [2.05, 4.69) is 5.32 Å². The van der Waals surface area contributed by atoms with E-state index in [1.807, 2.05) is 12.1 Å². The number of hydrogen-bond donors (Lipinski definition) is 1. The lowest BCUT2D eigenvalue weighted by molar-refractivity contribution is -0.128. The van der Waals surface area contributed by atoms with E-state index in [1.54, 1.807) is 37.3 Å². The van der Waals surface area contributed by atoms with Gasteiger partial charge in [0, 0.05) is 17.1 Å². The fraction of sp³-hybridized carbons (Fsp3) is 0.250. The van der Waals surface area contributed by atoms with Crippen LogP contribution in [0.4, 0.5) is 5.69 Å². The van der Waals surface area contributed by atoms with Gasteiger partial charge in [0.2, 0.25) is 5.91 Å². The zero-order chi connectivity index (χ0) is 19.6. The molecule has 1 aliphatic rings. The highest BCUT2D eigenvalue weighted by Gasteiger charge is 2.33. The van der Waals surface area contributed by atoms with Gasteiger partial charge in [-0.3, -0.25) is 19.3 Å². The van der Waals surface area contributed by atoms with Crippen molar-refractivity contribution in [2.45, 2.75) is 26.5 Å². The molecule has 3 rings (SSSR count). The van der Waals surface area contributed by atoms with Crippen LogP contribution in [0.15, 0.2) is 42.5 Å². The van der Waals surface area contributed by atoms with E-state index in [4.69, 9.17) is 16.3 Å². The number of ketones is 1. The van der Waals surface area contributed by atoms with Crippen LogP contribution in [-0.4, -0.2) is 30.2 Å². The van der Waals surface area contributed by atoms with Crippen LogP contribution in [0.1, 0.15) is 29.8 Å². The number of benzene rings is 2. The first-order chi connectivity index (χ1) is 12.8. The summed E-state index contributed by atoms with van der Waals surface area (Å²) >= 11 is 5.85. The molecule has 0 fully saturated rings. The second-order valence-corrected chi connectivity index (χ2v) is 6.76. The molecule has 1 aliphatic heterocycles. The van der Waals surface area contributed by atoms with Crippen LogP contribution in [0, 0.1) is 0 Å². The molecule has 140 valence electrons. The summed E-state index contributed by atoms with van der Waals surface area (Å²) in [7, 11) is 0. The number of anilines is 1. The van der Waals surface area contributed by atoms with Crippen molar-refractivity contribution in [1.29, 1.82) is 0 Å². The summed E-state index contributed by atoms with van der Waals surface area (Å²) in [5.41, 5.74) is 1.77. The van der Waals surface area contributed by atoms with Crippen LogP contribution in [0.3, 0.4) is 0 Å². The molecule has 0 radical (unpaired) electrons. The van der Waals surface area contributed by atoms with Gasteiger partial charge in [-0.15, -0.1) is 0 Å². The van der Waals surface area contributed by atoms with Crippen LogP contribution in [0.25, 0.3) is 0 Å². The van der Waals surface area contributed by atoms with Gasteiger partial charge in [0.05, 0.1) is 5.69 Å². The molecule has 0 aliphatic carbocycles. The van der Waals surface area contributed by atoms with Gasteiger partial charge in [0.1, 0.15) is 12.3 Å². The number of carbonyl (C=O) groups is 3. The van der Waals surface area contributed by atoms with E-state index < -0.39 is 6.10 Å². The quantitative estimate of drug-likeness (QED) is 0.801. The van der Waals surface area contributed by atoms with Crippen molar-refractivity contribution in [2.24, 2.45) is 0 Å². The predicted octanol–water partition coefficient (Wildman–Crippen LogP) is 2.97. The predicted molar refractivity (Wildman–Crippen MR) is 102 cm³/mol. The van der Waals surface area contributed by atoms with E-state index in [1.165, 1.54) is 11.8 Å². The molecule has 0 bridgehead atoms. The van der Waals surface area contributed by atoms with Gasteiger partial charge < -0.3 is 10.1 Å². The van der Waals surface area contributed by atoms with Crippen LogP contribution in [-0.2, 0) is 16.1 Å². The maximum Gasteiger partial charge on any atom is 0.268 e. The van der Waals surface area contributed by atoms with Gasteiger partial charge in [-0.2, -0.15) is 0 Å². The molecular weight excluding hydrogens is 368 g/mol. The second-order valence-electron chi connectivity index (χ2n) is 6.33. The summed E-state index contributed by atoms with van der Waals surface area (Å²) in [6, 6.07) is 12.0. The Morgan fingerprint density at radius 2 is 1.89 bits per heavy atom. The highest BCUT2D eigenvalue weighted by molar-refractivity contribution is 6.30. The van der Waals surface area contributed by atoms with Crippen molar-refractivity contribution < 1.29 is 19.1 Å². The highest BCUT2D eigenvalue weighted by atomic mass is 35.5. The Kier molecular flexibility index (Phi) is 5.46. The average molecular weight is 387 g/mol. The monoisotopic (exact) mass is 386 g/mol. The molecule has 2 aromatic rings. The Morgan fingerprint density at radius 1 is 1.19 bits per heavy atom. The Labute approximate surface area is 162 Å². The summed E-state index contributed by atoms with van der Waals surface area (Å²) in [4.78, 5) is 37.9. The zero-order valence-corrected chi connectivity index (χ0v) is 15.7. The smallest absolute Gasteiger partial charge is 0.268 e. The van der Waals surface area contributed by atoms with Gasteiger partial charge >= 0.3 is 0 Å². The maximum absolute atomic E-state index is 12.5. The molecule has 0 saturated carbocycles. The molecule has 0 spiro atoms. The summed E-state index contributed by atoms with van der Waals surface area (Å²) in [5.74, 6) is -0.301. The van der Waals surface area contributed by atoms with Gasteiger partial charge in [0.15, 0.2) is 11.9 Å². The first-order valence-corrected chi connectivity index (χ1v) is 8.87. The van der Waals surface area contributed by atoms with Gasteiger partial charge in [-0.25, -0.2) is 0 Å². The summed E-state index contributed by atoms with van der Waals surface area (Å²) in [5, 5.41) is 3.41. The van der Waals surface area contributed by atoms with E-state index >= 15 is 0 Å². The minimum Gasteiger partial charge on any atom is -0.479 e. The van der Waals surface area contributed by atoms with Crippen LogP contribution >= 0.6 is 11.6 Å². The number of amides is 2. The number of nitrogens with one attached hydrogen (secondary N) is 1. The van der Waals surface area contributed by atoms with Crippen LogP contribution < -0.4 is 15.0 Å². The topological polar surface area (TPSA) is 75.7 Å². The lowest BCUT2D eigenvalue weighted by atomic mass is 10.1. The SMILES string of the molecule is CC(=O)c1ccc2c(c1)N(CC(=O)NCc1ccc(Cl)cc1)C(=O)C(C)O2. The molecule has 1 heterocycles. The summed E-state index contributed by atoms with van der Waals surface area (Å²) < 4.78 is 5.58. The van der Waals surface area contributed by atoms with Crippen molar-refractivity contribution in [3.05, 3.63) is 58.6 Å². The third-order valence-electron chi connectivity index (χ3n) is 4.28. The minimum absolute atomic E-state index is 0.129. The van der Waals surface area contributed by atoms with Gasteiger partial charge in [0.25, 0.3) is 5.91 Å². The summed E-state index contributed by atoms with van der Waals surface area (Å²) in [6.07, 6.45) is -0.704. The number of rotatable bonds is 5. The van der Waals surface area contributed by atoms with E-state index in [0.29, 0.717) is 28.6 Å². The van der Waals surface area contributed by atoms with Gasteiger partial charge in [-0.1, -0.05) is 23.7 Å². The number of Topliss-reactive ketones (excluding diaryl/α,β-unsaturated/α-hetero) is 1. The normalized spacial score (nSPS) is 15.7. The number of hydrogen-bond acceptors (Lipinski definition) is 4. The van der Waals surface area contributed by atoms with E-state index in [9.17, 15) is 14.4 Å². The Bertz CT molecular complexity index is 895. The molecule has 2 amide bonds. The molecular formula is C20H19ClN2O4. The molecule has 2 aromatic carbocycles. The lowest BCUT2D eigenvalue weighted by Crippen LogP contribution is -2.48. The van der Waals surface area contributed by atoms with Crippen LogP contribution in [0.5, 0.6) is 5.75 Å². The third kappa shape index (κ3) is 4.28. The van der Waals surface area contributed by atoms with Crippen molar-refractivity contribution in [3.63, 3.8) is 0 Å². The molecule has 0 saturated heterocycles. The number of carbonyl (C=O) groups excluding carboxylic acids is 3. The second kappa shape index (κ2) is 7.80. The standard InChI is InChI=1S/C20H19ClN2O4/c1-12(24)15-5-8-18-17(9-15)23(20(26)13(2)27-18)11-19(25)22-10-14-3-6-16(21)7-4-14/h3-9,13H,10-11H2,1-2H3,(H,22,25). The minimum atomic E-state index is -0.704. The molecule has 6 nitrogen and oxygen atoms in total. The van der Waals surface area contributed by atoms with Crippen molar-refractivity contribution >= 4 is 34.9 Å². The molecule has 1 unspecified atom stereocenters. The van der Waals surface area contributed by atoms with E-state index in [-0.39, 0.29) is 24.1 Å². The van der Waals surface area contributed by atoms with Gasteiger partial charge in [-0.05, 0) is 49.7 Å². The third-order valence-corrected chi connectivity index (χ3v) is 4.53. The van der Waals surface area contributed by atoms with E-state index in [0.717, 1.165) is 5.56 Å². The summed E-state index contributed by atoms with van der Waals surface area (Å²) in [6.45, 7) is 3.24.